The van der Waals surface area contributed by atoms with E-state index >= 15 is 0 Å². The van der Waals surface area contributed by atoms with Crippen molar-refractivity contribution in [3.8, 4) is 6.07 Å². The lowest BCUT2D eigenvalue weighted by atomic mass is 10.2. The van der Waals surface area contributed by atoms with E-state index in [1.54, 1.807) is 7.11 Å². The largest absolute Gasteiger partial charge is 0.383 e. The van der Waals surface area contributed by atoms with Crippen LogP contribution in [0.15, 0.2) is 0 Å². The molecule has 0 aliphatic carbocycles. The molecule has 0 spiro atoms. The van der Waals surface area contributed by atoms with Crippen molar-refractivity contribution in [3.63, 3.8) is 0 Å². The summed E-state index contributed by atoms with van der Waals surface area (Å²) in [5.74, 6) is 0.0360. The van der Waals surface area contributed by atoms with E-state index in [2.05, 4.69) is 21.2 Å². The number of carbonyl (C=O) groups is 1. The molecule has 0 radical (unpaired) electrons. The summed E-state index contributed by atoms with van der Waals surface area (Å²) >= 11 is 0. The molecule has 1 saturated heterocycles. The molecule has 18 heavy (non-hydrogen) atoms. The van der Waals surface area contributed by atoms with Crippen LogP contribution in [0.1, 0.15) is 6.92 Å². The smallest absolute Gasteiger partial charge is 0.234 e. The zero-order valence-electron chi connectivity index (χ0n) is 11.2. The minimum Gasteiger partial charge on any atom is -0.383 e. The predicted molar refractivity (Wildman–Crippen MR) is 68.0 cm³/mol. The maximum atomic E-state index is 11.6. The first-order valence-corrected chi connectivity index (χ1v) is 6.29. The molecule has 1 atom stereocenters. The van der Waals surface area contributed by atoms with E-state index in [0.717, 1.165) is 26.2 Å². The Morgan fingerprint density at radius 2 is 2.11 bits per heavy atom. The molecule has 0 aromatic heterocycles. The third-order valence-corrected chi connectivity index (χ3v) is 3.14. The summed E-state index contributed by atoms with van der Waals surface area (Å²) < 4.78 is 4.87. The second-order valence-electron chi connectivity index (χ2n) is 4.46. The van der Waals surface area contributed by atoms with Crippen molar-refractivity contribution in [2.24, 2.45) is 0 Å². The van der Waals surface area contributed by atoms with Crippen molar-refractivity contribution in [1.29, 1.82) is 5.26 Å². The van der Waals surface area contributed by atoms with E-state index in [1.165, 1.54) is 0 Å². The molecule has 0 bridgehead atoms. The SMILES string of the molecule is COCCNC(=O)CN1CCN(C(C)C#N)CC1. The van der Waals surface area contributed by atoms with Gasteiger partial charge in [-0.2, -0.15) is 5.26 Å². The second-order valence-corrected chi connectivity index (χ2v) is 4.46. The van der Waals surface area contributed by atoms with Crippen LogP contribution in [0.4, 0.5) is 0 Å². The zero-order chi connectivity index (χ0) is 13.4. The first kappa shape index (κ1) is 14.9. The zero-order valence-corrected chi connectivity index (χ0v) is 11.2. The fourth-order valence-electron chi connectivity index (χ4n) is 1.94. The van der Waals surface area contributed by atoms with Crippen molar-refractivity contribution in [1.82, 2.24) is 15.1 Å². The number of ether oxygens (including phenoxy) is 1. The van der Waals surface area contributed by atoms with Crippen molar-refractivity contribution in [3.05, 3.63) is 0 Å². The van der Waals surface area contributed by atoms with Crippen molar-refractivity contribution >= 4 is 5.91 Å². The van der Waals surface area contributed by atoms with Gasteiger partial charge in [0.1, 0.15) is 0 Å². The molecule has 1 fully saturated rings. The topological polar surface area (TPSA) is 68.6 Å². The Bertz CT molecular complexity index is 295. The number of piperazine rings is 1. The number of rotatable bonds is 6. The molecule has 1 heterocycles. The third kappa shape index (κ3) is 5.00. The maximum absolute atomic E-state index is 11.6. The molecular weight excluding hydrogens is 232 g/mol. The summed E-state index contributed by atoms with van der Waals surface area (Å²) in [5.41, 5.74) is 0. The Hall–Kier alpha value is -1.16. The number of methoxy groups -OCH3 is 1. The van der Waals surface area contributed by atoms with Gasteiger partial charge < -0.3 is 10.1 Å². The number of carbonyl (C=O) groups excluding carboxylic acids is 1. The standard InChI is InChI=1S/C12H22N4O2/c1-11(9-13)16-6-4-15(5-7-16)10-12(17)14-3-8-18-2/h11H,3-8,10H2,1-2H3,(H,14,17). The van der Waals surface area contributed by atoms with Crippen LogP contribution in [0, 0.1) is 11.3 Å². The highest BCUT2D eigenvalue weighted by atomic mass is 16.5. The third-order valence-electron chi connectivity index (χ3n) is 3.14. The Kier molecular flexibility index (Phi) is 6.65. The average molecular weight is 254 g/mol. The van der Waals surface area contributed by atoms with Gasteiger partial charge in [-0.1, -0.05) is 0 Å². The van der Waals surface area contributed by atoms with E-state index in [0.29, 0.717) is 19.7 Å². The number of hydrogen-bond acceptors (Lipinski definition) is 5. The van der Waals surface area contributed by atoms with Crippen LogP contribution in [0.2, 0.25) is 0 Å². The van der Waals surface area contributed by atoms with Gasteiger partial charge in [0.15, 0.2) is 0 Å². The lowest BCUT2D eigenvalue weighted by molar-refractivity contribution is -0.122. The highest BCUT2D eigenvalue weighted by molar-refractivity contribution is 5.77. The molecule has 0 aromatic carbocycles. The fraction of sp³-hybridized carbons (Fsp3) is 0.833. The minimum atomic E-state index is -0.0392. The van der Waals surface area contributed by atoms with Gasteiger partial charge in [0.25, 0.3) is 0 Å². The number of nitriles is 1. The summed E-state index contributed by atoms with van der Waals surface area (Å²) in [7, 11) is 1.61. The van der Waals surface area contributed by atoms with Crippen LogP contribution in [0.5, 0.6) is 0 Å². The highest BCUT2D eigenvalue weighted by Gasteiger charge is 2.21. The number of nitrogens with zero attached hydrogens (tertiary/aromatic N) is 3. The van der Waals surface area contributed by atoms with Gasteiger partial charge in [-0.3, -0.25) is 14.6 Å². The predicted octanol–water partition coefficient (Wildman–Crippen LogP) is -0.721. The van der Waals surface area contributed by atoms with Crippen LogP contribution in [-0.4, -0.2) is 74.7 Å². The fourth-order valence-corrected chi connectivity index (χ4v) is 1.94. The molecule has 1 aliphatic heterocycles. The Morgan fingerprint density at radius 1 is 1.44 bits per heavy atom. The average Bonchev–Trinajstić information content (AvgIpc) is 2.39. The van der Waals surface area contributed by atoms with Gasteiger partial charge in [-0.25, -0.2) is 0 Å². The quantitative estimate of drug-likeness (QED) is 0.634. The van der Waals surface area contributed by atoms with Gasteiger partial charge in [-0.05, 0) is 6.92 Å². The second kappa shape index (κ2) is 8.03. The van der Waals surface area contributed by atoms with E-state index in [4.69, 9.17) is 10.00 Å². The van der Waals surface area contributed by atoms with Crippen LogP contribution >= 0.6 is 0 Å². The molecule has 1 unspecified atom stereocenters. The summed E-state index contributed by atoms with van der Waals surface area (Å²) in [6, 6.07) is 2.20. The van der Waals surface area contributed by atoms with E-state index in [-0.39, 0.29) is 11.9 Å². The molecular formula is C12H22N4O2. The van der Waals surface area contributed by atoms with Crippen LogP contribution < -0.4 is 5.32 Å². The van der Waals surface area contributed by atoms with Crippen molar-refractivity contribution in [2.45, 2.75) is 13.0 Å². The van der Waals surface area contributed by atoms with E-state index < -0.39 is 0 Å². The molecule has 0 aromatic rings. The van der Waals surface area contributed by atoms with Gasteiger partial charge in [0.2, 0.25) is 5.91 Å². The highest BCUT2D eigenvalue weighted by Crippen LogP contribution is 2.05. The first-order chi connectivity index (χ1) is 8.67. The van der Waals surface area contributed by atoms with Gasteiger partial charge >= 0.3 is 0 Å². The van der Waals surface area contributed by atoms with Gasteiger partial charge in [-0.15, -0.1) is 0 Å². The lowest BCUT2D eigenvalue weighted by Crippen LogP contribution is -2.51. The van der Waals surface area contributed by atoms with Crippen LogP contribution in [0.25, 0.3) is 0 Å². The number of nitrogens with one attached hydrogen (secondary N) is 1. The summed E-state index contributed by atoms with van der Waals surface area (Å²) in [5, 5.41) is 11.6. The molecule has 6 heteroatoms. The van der Waals surface area contributed by atoms with Gasteiger partial charge in [0, 0.05) is 39.8 Å². The molecule has 1 rings (SSSR count). The van der Waals surface area contributed by atoms with Crippen LogP contribution in [-0.2, 0) is 9.53 Å². The minimum absolute atomic E-state index is 0.0360. The summed E-state index contributed by atoms with van der Waals surface area (Å²) in [4.78, 5) is 15.8. The molecule has 1 amide bonds. The molecule has 0 saturated carbocycles. The normalized spacial score (nSPS) is 19.2. The molecule has 102 valence electrons. The Balaban J connectivity index is 2.19. The molecule has 1 N–H and O–H groups in total. The number of hydrogen-bond donors (Lipinski definition) is 1. The number of amides is 1. The maximum Gasteiger partial charge on any atom is 0.234 e. The van der Waals surface area contributed by atoms with Crippen molar-refractivity contribution in [2.75, 3.05) is 53.0 Å². The monoisotopic (exact) mass is 254 g/mol. The first-order valence-electron chi connectivity index (χ1n) is 6.29. The molecule has 1 aliphatic rings. The van der Waals surface area contributed by atoms with Crippen LogP contribution in [0.3, 0.4) is 0 Å². The summed E-state index contributed by atoms with van der Waals surface area (Å²) in [6.07, 6.45) is 0. The molecule has 6 nitrogen and oxygen atoms in total. The Labute approximate surface area is 108 Å². The Morgan fingerprint density at radius 3 is 2.67 bits per heavy atom. The van der Waals surface area contributed by atoms with E-state index in [9.17, 15) is 4.79 Å². The van der Waals surface area contributed by atoms with Gasteiger partial charge in [0.05, 0.1) is 25.3 Å². The summed E-state index contributed by atoms with van der Waals surface area (Å²) in [6.45, 7) is 6.80. The van der Waals surface area contributed by atoms with Crippen molar-refractivity contribution < 1.29 is 9.53 Å². The van der Waals surface area contributed by atoms with E-state index in [1.807, 2.05) is 6.92 Å². The lowest BCUT2D eigenvalue weighted by Gasteiger charge is -2.35.